The lowest BCUT2D eigenvalue weighted by atomic mass is 9.47. The van der Waals surface area contributed by atoms with Crippen LogP contribution in [-0.4, -0.2) is 16.7 Å². The first kappa shape index (κ1) is 14.5. The number of hydrogen-bond acceptors (Lipinski definition) is 3. The minimum atomic E-state index is 0.123. The molecule has 3 heteroatoms. The summed E-state index contributed by atoms with van der Waals surface area (Å²) in [7, 11) is 0. The van der Waals surface area contributed by atoms with E-state index < -0.39 is 0 Å². The van der Waals surface area contributed by atoms with Crippen molar-refractivity contribution < 1.29 is 10.0 Å². The fraction of sp³-hybridized carbons (Fsp3) is 0.789. The lowest BCUT2D eigenvalue weighted by Crippen LogP contribution is -2.50. The molecule has 0 aromatic rings. The molecule has 0 bridgehead atoms. The molecule has 3 fully saturated rings. The molecule has 0 radical (unpaired) electrons. The van der Waals surface area contributed by atoms with Crippen LogP contribution in [0.2, 0.25) is 0 Å². The van der Waals surface area contributed by atoms with Crippen LogP contribution in [0.3, 0.4) is 0 Å². The van der Waals surface area contributed by atoms with Gasteiger partial charge in [-0.05, 0) is 74.2 Å². The topological polar surface area (TPSA) is 49.7 Å². The van der Waals surface area contributed by atoms with Gasteiger partial charge >= 0.3 is 0 Å². The Morgan fingerprint density at radius 2 is 1.82 bits per heavy atom. The predicted molar refractivity (Wildman–Crippen MR) is 85.9 cm³/mol. The van der Waals surface area contributed by atoms with Gasteiger partial charge < -0.3 is 5.21 Å². The van der Waals surface area contributed by atoms with E-state index in [1.54, 1.807) is 0 Å². The van der Waals surface area contributed by atoms with Crippen molar-refractivity contribution in [2.75, 3.05) is 0 Å². The lowest BCUT2D eigenvalue weighted by molar-refractivity contribution is -0.117. The molecule has 4 aliphatic carbocycles. The molecular weight excluding hydrogens is 274 g/mol. The molecule has 4 aliphatic rings. The van der Waals surface area contributed by atoms with Crippen LogP contribution in [0.4, 0.5) is 0 Å². The number of carbonyl (C=O) groups excluding carboxylic acids is 1. The summed E-state index contributed by atoms with van der Waals surface area (Å²) in [4.78, 5) is 11.8. The second-order valence-electron chi connectivity index (χ2n) is 8.51. The second-order valence-corrected chi connectivity index (χ2v) is 8.51. The quantitative estimate of drug-likeness (QED) is 0.534. The van der Waals surface area contributed by atoms with Crippen LogP contribution < -0.4 is 0 Å². The van der Waals surface area contributed by atoms with Crippen molar-refractivity contribution >= 4 is 11.5 Å². The third-order valence-corrected chi connectivity index (χ3v) is 7.82. The molecule has 3 saturated carbocycles. The Hall–Kier alpha value is -1.12. The molecule has 0 heterocycles. The van der Waals surface area contributed by atoms with Crippen LogP contribution in [0, 0.1) is 28.6 Å². The van der Waals surface area contributed by atoms with Crippen LogP contribution in [0.15, 0.2) is 16.8 Å². The first-order chi connectivity index (χ1) is 10.5. The van der Waals surface area contributed by atoms with E-state index in [2.05, 4.69) is 19.0 Å². The number of rotatable bonds is 0. The normalized spacial score (nSPS) is 49.4. The van der Waals surface area contributed by atoms with Gasteiger partial charge in [-0.15, -0.1) is 0 Å². The maximum Gasteiger partial charge on any atom is 0.155 e. The van der Waals surface area contributed by atoms with E-state index in [1.807, 2.05) is 6.08 Å². The van der Waals surface area contributed by atoms with Crippen LogP contribution in [0.5, 0.6) is 0 Å². The van der Waals surface area contributed by atoms with Gasteiger partial charge in [0.1, 0.15) is 0 Å². The molecule has 120 valence electrons. The van der Waals surface area contributed by atoms with Gasteiger partial charge in [-0.1, -0.05) is 24.6 Å². The summed E-state index contributed by atoms with van der Waals surface area (Å²) in [5.74, 6) is 2.47. The molecule has 0 unspecified atom stereocenters. The van der Waals surface area contributed by atoms with E-state index in [9.17, 15) is 10.0 Å². The third kappa shape index (κ3) is 1.74. The fourth-order valence-corrected chi connectivity index (χ4v) is 6.51. The van der Waals surface area contributed by atoms with E-state index in [1.165, 1.54) is 24.8 Å². The highest BCUT2D eigenvalue weighted by atomic mass is 16.4. The van der Waals surface area contributed by atoms with Crippen molar-refractivity contribution in [1.29, 1.82) is 0 Å². The molecule has 3 nitrogen and oxygen atoms in total. The van der Waals surface area contributed by atoms with Gasteiger partial charge in [0.2, 0.25) is 0 Å². The highest BCUT2D eigenvalue weighted by Crippen LogP contribution is 2.64. The zero-order valence-electron chi connectivity index (χ0n) is 13.8. The van der Waals surface area contributed by atoms with Gasteiger partial charge in [-0.25, -0.2) is 0 Å². The Balaban J connectivity index is 1.70. The fourth-order valence-electron chi connectivity index (χ4n) is 6.51. The van der Waals surface area contributed by atoms with E-state index >= 15 is 0 Å². The highest BCUT2D eigenvalue weighted by Gasteiger charge is 2.58. The average molecular weight is 301 g/mol. The summed E-state index contributed by atoms with van der Waals surface area (Å²) in [6, 6.07) is 0. The molecule has 1 N–H and O–H groups in total. The van der Waals surface area contributed by atoms with Crippen molar-refractivity contribution in [2.45, 2.75) is 65.2 Å². The van der Waals surface area contributed by atoms with Gasteiger partial charge in [0, 0.05) is 11.8 Å². The van der Waals surface area contributed by atoms with Gasteiger partial charge in [0.15, 0.2) is 5.78 Å². The van der Waals surface area contributed by atoms with Crippen LogP contribution in [0.25, 0.3) is 0 Å². The summed E-state index contributed by atoms with van der Waals surface area (Å²) in [6.07, 6.45) is 10.6. The molecule has 0 aromatic heterocycles. The van der Waals surface area contributed by atoms with Crippen LogP contribution in [-0.2, 0) is 4.79 Å². The Kier molecular flexibility index (Phi) is 3.08. The Morgan fingerprint density at radius 3 is 2.59 bits per heavy atom. The standard InChI is InChI=1S/C19H27NO2/c1-18-9-7-13(21)11-12(18)3-4-14-15-5-6-17(20-22)19(15,2)10-8-16(14)18/h11,14-16,22H,3-10H2,1-2H3/b20-17-/t14-,15-,16-,18-,19-/m0/s1. The van der Waals surface area contributed by atoms with E-state index in [0.717, 1.165) is 49.7 Å². The summed E-state index contributed by atoms with van der Waals surface area (Å²) >= 11 is 0. The lowest BCUT2D eigenvalue weighted by Gasteiger charge is -2.57. The summed E-state index contributed by atoms with van der Waals surface area (Å²) in [5, 5.41) is 13.0. The van der Waals surface area contributed by atoms with Crippen LogP contribution >= 0.6 is 0 Å². The molecule has 4 rings (SSSR count). The van der Waals surface area contributed by atoms with Gasteiger partial charge in [0.05, 0.1) is 5.71 Å². The zero-order chi connectivity index (χ0) is 15.5. The monoisotopic (exact) mass is 301 g/mol. The van der Waals surface area contributed by atoms with E-state index in [4.69, 9.17) is 0 Å². The Morgan fingerprint density at radius 1 is 1.05 bits per heavy atom. The molecular formula is C19H27NO2. The summed E-state index contributed by atoms with van der Waals surface area (Å²) in [6.45, 7) is 4.74. The third-order valence-electron chi connectivity index (χ3n) is 7.82. The number of oxime groups is 1. The minimum Gasteiger partial charge on any atom is -0.411 e. The maximum absolute atomic E-state index is 11.8. The smallest absolute Gasteiger partial charge is 0.155 e. The van der Waals surface area contributed by atoms with E-state index in [-0.39, 0.29) is 10.8 Å². The molecule has 0 saturated heterocycles. The number of nitrogens with zero attached hydrogens (tertiary/aromatic N) is 1. The second kappa shape index (κ2) is 4.69. The van der Waals surface area contributed by atoms with Crippen molar-refractivity contribution in [3.05, 3.63) is 11.6 Å². The number of hydrogen-bond donors (Lipinski definition) is 1. The van der Waals surface area contributed by atoms with E-state index in [0.29, 0.717) is 11.7 Å². The molecule has 0 spiro atoms. The number of fused-ring (bicyclic) bond motifs is 5. The van der Waals surface area contributed by atoms with Crippen molar-refractivity contribution in [1.82, 2.24) is 0 Å². The Bertz CT molecular complexity index is 578. The largest absolute Gasteiger partial charge is 0.411 e. The minimum absolute atomic E-state index is 0.123. The zero-order valence-corrected chi connectivity index (χ0v) is 13.8. The van der Waals surface area contributed by atoms with Gasteiger partial charge in [-0.2, -0.15) is 0 Å². The maximum atomic E-state index is 11.8. The van der Waals surface area contributed by atoms with Gasteiger partial charge in [0.25, 0.3) is 0 Å². The first-order valence-electron chi connectivity index (χ1n) is 8.94. The van der Waals surface area contributed by atoms with Crippen molar-refractivity contribution in [3.8, 4) is 0 Å². The van der Waals surface area contributed by atoms with Crippen molar-refractivity contribution in [3.63, 3.8) is 0 Å². The average Bonchev–Trinajstić information content (AvgIpc) is 2.84. The number of allylic oxidation sites excluding steroid dienone is 1. The summed E-state index contributed by atoms with van der Waals surface area (Å²) in [5.41, 5.74) is 2.85. The molecule has 5 atom stereocenters. The van der Waals surface area contributed by atoms with Crippen LogP contribution in [0.1, 0.15) is 65.2 Å². The molecule has 0 amide bonds. The molecule has 0 aliphatic heterocycles. The summed E-state index contributed by atoms with van der Waals surface area (Å²) < 4.78 is 0. The first-order valence-corrected chi connectivity index (χ1v) is 8.94. The SMILES string of the molecule is C[C@]12CCC(=O)C=C1CC[C@@H]1[C@@H]2CC[C@]2(C)/C(=N\O)CC[C@@H]12. The number of carbonyl (C=O) groups is 1. The highest BCUT2D eigenvalue weighted by molar-refractivity contribution is 5.92. The predicted octanol–water partition coefficient (Wildman–Crippen LogP) is 4.35. The number of ketones is 1. The van der Waals surface area contributed by atoms with Gasteiger partial charge in [-0.3, -0.25) is 4.79 Å². The molecule has 0 aromatic carbocycles. The van der Waals surface area contributed by atoms with Crippen molar-refractivity contribution in [2.24, 2.45) is 33.7 Å². The molecule has 22 heavy (non-hydrogen) atoms. The Labute approximate surface area is 132 Å².